The topological polar surface area (TPSA) is 140 Å². The predicted molar refractivity (Wildman–Crippen MR) is 159 cm³/mol. The van der Waals surface area contributed by atoms with Crippen LogP contribution in [0, 0.1) is 18.7 Å². The number of aromatic nitrogens is 4. The summed E-state index contributed by atoms with van der Waals surface area (Å²) in [5.41, 5.74) is 3.46. The minimum atomic E-state index is -0.671. The van der Waals surface area contributed by atoms with E-state index in [1.165, 1.54) is 23.9 Å². The van der Waals surface area contributed by atoms with Crippen molar-refractivity contribution in [1.29, 1.82) is 0 Å². The molecule has 1 unspecified atom stereocenters. The molecular weight excluding hydrogens is 577 g/mol. The fourth-order valence-electron chi connectivity index (χ4n) is 5.04. The summed E-state index contributed by atoms with van der Waals surface area (Å²) in [4.78, 5) is 42.8. The Bertz CT molecular complexity index is 1710. The minimum Gasteiger partial charge on any atom is -0.453 e. The number of rotatable bonds is 4. The standard InChI is InChI=1S/C30H29ClFN7O4/c1-16-6-4-9-25(40)35-22-15-19(34-30(42)43-3)10-11-20(22)18-12-13-33-23(14-18)27(16)36-29(41)28-17(2)39(38-37-28)24-8-5-7-21(31)26(24)32/h5,7-8,10-16,27H,4,6,9H2,1-3H3,(H,34,42)(H,35,40)(H,36,41)/t16?,27-/m0/s1. The number of nitrogens with one attached hydrogen (secondary N) is 3. The summed E-state index contributed by atoms with van der Waals surface area (Å²) in [6, 6.07) is 12.8. The van der Waals surface area contributed by atoms with Crippen LogP contribution in [0.15, 0.2) is 54.7 Å². The maximum atomic E-state index is 14.7. The first-order chi connectivity index (χ1) is 20.7. The number of amides is 3. The van der Waals surface area contributed by atoms with Gasteiger partial charge in [-0.05, 0) is 67.6 Å². The van der Waals surface area contributed by atoms with Crippen molar-refractivity contribution in [3.05, 3.63) is 82.6 Å². The third kappa shape index (κ3) is 6.33. The number of fused-ring (bicyclic) bond motifs is 4. The minimum absolute atomic E-state index is 0.0317. The first kappa shape index (κ1) is 29.6. The van der Waals surface area contributed by atoms with Crippen LogP contribution in [0.2, 0.25) is 5.02 Å². The van der Waals surface area contributed by atoms with E-state index in [0.717, 1.165) is 5.56 Å². The molecule has 2 aromatic heterocycles. The van der Waals surface area contributed by atoms with Crippen molar-refractivity contribution in [1.82, 2.24) is 25.3 Å². The lowest BCUT2D eigenvalue weighted by Gasteiger charge is -2.26. The first-order valence-electron chi connectivity index (χ1n) is 13.6. The van der Waals surface area contributed by atoms with E-state index in [1.807, 2.05) is 13.0 Å². The number of halogens is 2. The molecule has 3 amide bonds. The van der Waals surface area contributed by atoms with Crippen LogP contribution >= 0.6 is 11.6 Å². The van der Waals surface area contributed by atoms with E-state index in [0.29, 0.717) is 41.2 Å². The molecule has 11 nitrogen and oxygen atoms in total. The average Bonchev–Trinajstić information content (AvgIpc) is 3.37. The number of nitrogens with zero attached hydrogens (tertiary/aromatic N) is 4. The molecule has 0 radical (unpaired) electrons. The molecule has 0 fully saturated rings. The Kier molecular flexibility index (Phi) is 8.67. The van der Waals surface area contributed by atoms with Crippen molar-refractivity contribution in [2.24, 2.45) is 5.92 Å². The largest absolute Gasteiger partial charge is 0.453 e. The Morgan fingerprint density at radius 1 is 1.19 bits per heavy atom. The summed E-state index contributed by atoms with van der Waals surface area (Å²) in [7, 11) is 1.27. The molecule has 2 aromatic carbocycles. The summed E-state index contributed by atoms with van der Waals surface area (Å²) in [5.74, 6) is -1.46. The maximum Gasteiger partial charge on any atom is 0.411 e. The molecule has 222 valence electrons. The zero-order valence-electron chi connectivity index (χ0n) is 23.6. The summed E-state index contributed by atoms with van der Waals surface area (Å²) in [6.07, 6.45) is 2.42. The fourth-order valence-corrected chi connectivity index (χ4v) is 5.21. The highest BCUT2D eigenvalue weighted by atomic mass is 35.5. The van der Waals surface area contributed by atoms with E-state index < -0.39 is 23.9 Å². The smallest absolute Gasteiger partial charge is 0.411 e. The van der Waals surface area contributed by atoms with Gasteiger partial charge in [0, 0.05) is 23.9 Å². The molecule has 4 aromatic rings. The van der Waals surface area contributed by atoms with Gasteiger partial charge >= 0.3 is 6.09 Å². The second-order valence-corrected chi connectivity index (χ2v) is 10.6. The van der Waals surface area contributed by atoms with Gasteiger partial charge in [0.25, 0.3) is 5.91 Å². The molecule has 43 heavy (non-hydrogen) atoms. The van der Waals surface area contributed by atoms with Crippen LogP contribution in [-0.4, -0.2) is 45.0 Å². The van der Waals surface area contributed by atoms with Crippen molar-refractivity contribution in [2.75, 3.05) is 17.7 Å². The van der Waals surface area contributed by atoms with Gasteiger partial charge in [-0.2, -0.15) is 0 Å². The molecule has 2 bridgehead atoms. The average molecular weight is 606 g/mol. The van der Waals surface area contributed by atoms with E-state index >= 15 is 0 Å². The van der Waals surface area contributed by atoms with Gasteiger partial charge in [0.05, 0.1) is 35.2 Å². The summed E-state index contributed by atoms with van der Waals surface area (Å²) in [5, 5.41) is 16.6. The van der Waals surface area contributed by atoms with Crippen molar-refractivity contribution >= 4 is 40.9 Å². The molecule has 3 heterocycles. The Hall–Kier alpha value is -4.84. The molecule has 1 aliphatic heterocycles. The van der Waals surface area contributed by atoms with E-state index in [9.17, 15) is 18.8 Å². The molecule has 0 saturated heterocycles. The SMILES string of the molecule is COC(=O)Nc1ccc2c(c1)NC(=O)CCCC(C)[C@H](NC(=O)c1nnn(-c3cccc(Cl)c3F)c1C)c1cc-2ccn1. The summed E-state index contributed by atoms with van der Waals surface area (Å²) < 4.78 is 20.6. The van der Waals surface area contributed by atoms with E-state index in [-0.39, 0.29) is 34.6 Å². The van der Waals surface area contributed by atoms with Crippen molar-refractivity contribution in [2.45, 2.75) is 39.2 Å². The van der Waals surface area contributed by atoms with Gasteiger partial charge < -0.3 is 15.4 Å². The zero-order valence-corrected chi connectivity index (χ0v) is 24.4. The predicted octanol–water partition coefficient (Wildman–Crippen LogP) is 5.84. The number of methoxy groups -OCH3 is 1. The molecule has 5 rings (SSSR count). The van der Waals surface area contributed by atoms with Gasteiger partial charge in [-0.15, -0.1) is 5.10 Å². The monoisotopic (exact) mass is 605 g/mol. The molecule has 1 aliphatic rings. The van der Waals surface area contributed by atoms with Crippen LogP contribution in [0.4, 0.5) is 20.6 Å². The van der Waals surface area contributed by atoms with Gasteiger partial charge in [-0.1, -0.05) is 35.9 Å². The van der Waals surface area contributed by atoms with Gasteiger partial charge in [-0.25, -0.2) is 13.9 Å². The molecule has 0 spiro atoms. The van der Waals surface area contributed by atoms with E-state index in [4.69, 9.17) is 11.6 Å². The molecule has 0 aliphatic carbocycles. The molecular formula is C30H29ClFN7O4. The number of hydrogen-bond donors (Lipinski definition) is 3. The van der Waals surface area contributed by atoms with Crippen LogP contribution in [0.3, 0.4) is 0 Å². The molecule has 13 heteroatoms. The fraction of sp³-hybridized carbons (Fsp3) is 0.267. The molecule has 3 N–H and O–H groups in total. The highest BCUT2D eigenvalue weighted by molar-refractivity contribution is 6.30. The normalized spacial score (nSPS) is 16.6. The Morgan fingerprint density at radius 2 is 2.00 bits per heavy atom. The third-order valence-electron chi connectivity index (χ3n) is 7.32. The number of pyridine rings is 1. The number of hydrogen-bond acceptors (Lipinski definition) is 7. The van der Waals surface area contributed by atoms with Crippen molar-refractivity contribution in [3.8, 4) is 16.8 Å². The van der Waals surface area contributed by atoms with Crippen LogP contribution in [0.5, 0.6) is 0 Å². The third-order valence-corrected chi connectivity index (χ3v) is 7.62. The number of ether oxygens (including phenoxy) is 1. The second-order valence-electron chi connectivity index (χ2n) is 10.2. The van der Waals surface area contributed by atoms with Gasteiger partial charge in [0.15, 0.2) is 11.5 Å². The highest BCUT2D eigenvalue weighted by Gasteiger charge is 2.28. The van der Waals surface area contributed by atoms with Gasteiger partial charge in [0.2, 0.25) is 5.91 Å². The Balaban J connectivity index is 1.49. The maximum absolute atomic E-state index is 14.7. The number of benzene rings is 2. The summed E-state index contributed by atoms with van der Waals surface area (Å²) in [6.45, 7) is 3.60. The number of anilines is 2. The van der Waals surface area contributed by atoms with Crippen LogP contribution in [0.1, 0.15) is 54.1 Å². The zero-order chi connectivity index (χ0) is 30.7. The van der Waals surface area contributed by atoms with E-state index in [1.54, 1.807) is 43.5 Å². The second kappa shape index (κ2) is 12.6. The van der Waals surface area contributed by atoms with Gasteiger partial charge in [-0.3, -0.25) is 19.9 Å². The van der Waals surface area contributed by atoms with Crippen molar-refractivity contribution in [3.63, 3.8) is 0 Å². The Labute approximate surface area is 251 Å². The lowest BCUT2D eigenvalue weighted by Crippen LogP contribution is -2.34. The Morgan fingerprint density at radius 3 is 2.79 bits per heavy atom. The first-order valence-corrected chi connectivity index (χ1v) is 14.0. The van der Waals surface area contributed by atoms with Crippen LogP contribution in [-0.2, 0) is 9.53 Å². The van der Waals surface area contributed by atoms with Gasteiger partial charge in [0.1, 0.15) is 5.69 Å². The molecule has 2 atom stereocenters. The number of carbonyl (C=O) groups is 3. The van der Waals surface area contributed by atoms with E-state index in [2.05, 4.69) is 36.0 Å². The number of carbonyl (C=O) groups excluding carboxylic acids is 3. The lowest BCUT2D eigenvalue weighted by molar-refractivity contribution is -0.116. The lowest BCUT2D eigenvalue weighted by atomic mass is 9.90. The highest BCUT2D eigenvalue weighted by Crippen LogP contribution is 2.35. The quantitative estimate of drug-likeness (QED) is 0.265. The summed E-state index contributed by atoms with van der Waals surface area (Å²) >= 11 is 5.94. The molecule has 0 saturated carbocycles. The van der Waals surface area contributed by atoms with Crippen LogP contribution in [0.25, 0.3) is 16.8 Å². The van der Waals surface area contributed by atoms with Crippen molar-refractivity contribution < 1.29 is 23.5 Å². The van der Waals surface area contributed by atoms with Crippen LogP contribution < -0.4 is 16.0 Å².